The van der Waals surface area contributed by atoms with E-state index in [-0.39, 0.29) is 17.9 Å². The van der Waals surface area contributed by atoms with Gasteiger partial charge in [-0.2, -0.15) is 0 Å². The third-order valence-electron chi connectivity index (χ3n) is 3.30. The van der Waals surface area contributed by atoms with Gasteiger partial charge in [0.25, 0.3) is 0 Å². The highest BCUT2D eigenvalue weighted by molar-refractivity contribution is 7.90. The fourth-order valence-electron chi connectivity index (χ4n) is 2.28. The van der Waals surface area contributed by atoms with Crippen LogP contribution in [0.3, 0.4) is 0 Å². The van der Waals surface area contributed by atoms with E-state index in [0.717, 1.165) is 26.0 Å². The van der Waals surface area contributed by atoms with Gasteiger partial charge in [-0.05, 0) is 31.7 Å². The molecule has 1 rings (SSSR count). The number of nitrogens with one attached hydrogen (secondary N) is 1. The van der Waals surface area contributed by atoms with E-state index in [2.05, 4.69) is 19.2 Å². The minimum atomic E-state index is -2.89. The van der Waals surface area contributed by atoms with Gasteiger partial charge in [-0.25, -0.2) is 8.42 Å². The summed E-state index contributed by atoms with van der Waals surface area (Å²) in [7, 11) is -2.89. The van der Waals surface area contributed by atoms with Crippen molar-refractivity contribution in [1.29, 1.82) is 0 Å². The van der Waals surface area contributed by atoms with E-state index in [4.69, 9.17) is 4.74 Å². The average molecular weight is 263 g/mol. The smallest absolute Gasteiger partial charge is 0.147 e. The highest BCUT2D eigenvalue weighted by atomic mass is 32.2. The van der Waals surface area contributed by atoms with E-state index in [1.54, 1.807) is 0 Å². The van der Waals surface area contributed by atoms with Crippen molar-refractivity contribution >= 4 is 9.84 Å². The molecule has 0 radical (unpaired) electrons. The summed E-state index contributed by atoms with van der Waals surface area (Å²) in [6.45, 7) is 6.01. The molecule has 0 aliphatic carbocycles. The molecule has 17 heavy (non-hydrogen) atoms. The van der Waals surface area contributed by atoms with Crippen LogP contribution in [0.2, 0.25) is 0 Å². The summed E-state index contributed by atoms with van der Waals surface area (Å²) < 4.78 is 28.2. The van der Waals surface area contributed by atoms with Crippen LogP contribution in [0.1, 0.15) is 33.1 Å². The van der Waals surface area contributed by atoms with Gasteiger partial charge in [-0.1, -0.05) is 13.8 Å². The Kier molecular flexibility index (Phi) is 5.89. The molecule has 0 bridgehead atoms. The fraction of sp³-hybridized carbons (Fsp3) is 1.00. The molecular formula is C12H25NO3S. The summed E-state index contributed by atoms with van der Waals surface area (Å²) in [5.41, 5.74) is 0. The second-order valence-corrected chi connectivity index (χ2v) is 7.34. The molecule has 0 aromatic heterocycles. The zero-order valence-corrected chi connectivity index (χ0v) is 11.9. The largest absolute Gasteiger partial charge is 0.376 e. The third kappa shape index (κ3) is 5.36. The van der Waals surface area contributed by atoms with E-state index in [1.165, 1.54) is 6.26 Å². The zero-order valence-electron chi connectivity index (χ0n) is 11.1. The summed E-state index contributed by atoms with van der Waals surface area (Å²) in [6.07, 6.45) is 4.24. The second kappa shape index (κ2) is 6.71. The Bertz CT molecular complexity index is 316. The summed E-state index contributed by atoms with van der Waals surface area (Å²) in [4.78, 5) is 0. The lowest BCUT2D eigenvalue weighted by molar-refractivity contribution is 0.0600. The maximum atomic E-state index is 11.2. The SMILES string of the molecule is CCCNC(CCS(C)(=O)=O)C1OCCC1C. The van der Waals surface area contributed by atoms with Crippen molar-refractivity contribution in [1.82, 2.24) is 5.32 Å². The van der Waals surface area contributed by atoms with Gasteiger partial charge in [0, 0.05) is 18.9 Å². The summed E-state index contributed by atoms with van der Waals surface area (Å²) in [6, 6.07) is 0.169. The average Bonchev–Trinajstić information content (AvgIpc) is 2.63. The van der Waals surface area contributed by atoms with Crippen LogP contribution < -0.4 is 5.32 Å². The first-order chi connectivity index (χ1) is 7.94. The number of ether oxygens (including phenoxy) is 1. The van der Waals surface area contributed by atoms with Crippen LogP contribution in [-0.4, -0.2) is 45.7 Å². The molecule has 1 saturated heterocycles. The molecular weight excluding hydrogens is 238 g/mol. The molecule has 3 atom stereocenters. The maximum absolute atomic E-state index is 11.2. The lowest BCUT2D eigenvalue weighted by Gasteiger charge is -2.27. The zero-order chi connectivity index (χ0) is 12.9. The molecule has 0 aromatic carbocycles. The van der Waals surface area contributed by atoms with E-state index >= 15 is 0 Å². The molecule has 1 aliphatic heterocycles. The van der Waals surface area contributed by atoms with Crippen molar-refractivity contribution in [3.8, 4) is 0 Å². The van der Waals surface area contributed by atoms with Crippen molar-refractivity contribution in [3.05, 3.63) is 0 Å². The van der Waals surface area contributed by atoms with Crippen LogP contribution in [0.4, 0.5) is 0 Å². The summed E-state index contributed by atoms with van der Waals surface area (Å²) >= 11 is 0. The Balaban J connectivity index is 2.53. The normalized spacial score (nSPS) is 27.2. The minimum absolute atomic E-state index is 0.169. The quantitative estimate of drug-likeness (QED) is 0.750. The fourth-order valence-corrected chi connectivity index (χ4v) is 2.97. The number of sulfone groups is 1. The molecule has 1 N–H and O–H groups in total. The van der Waals surface area contributed by atoms with Crippen molar-refractivity contribution in [2.45, 2.75) is 45.3 Å². The van der Waals surface area contributed by atoms with Crippen LogP contribution in [0.5, 0.6) is 0 Å². The van der Waals surface area contributed by atoms with Crippen LogP contribution in [0.15, 0.2) is 0 Å². The molecule has 1 heterocycles. The van der Waals surface area contributed by atoms with Crippen LogP contribution in [0.25, 0.3) is 0 Å². The second-order valence-electron chi connectivity index (χ2n) is 5.08. The lowest BCUT2D eigenvalue weighted by atomic mass is 9.96. The molecule has 0 saturated carbocycles. The first kappa shape index (κ1) is 14.9. The van der Waals surface area contributed by atoms with Gasteiger partial charge in [-0.3, -0.25) is 0 Å². The van der Waals surface area contributed by atoms with Gasteiger partial charge in [0.15, 0.2) is 0 Å². The minimum Gasteiger partial charge on any atom is -0.376 e. The molecule has 4 nitrogen and oxygen atoms in total. The van der Waals surface area contributed by atoms with Crippen LogP contribution >= 0.6 is 0 Å². The van der Waals surface area contributed by atoms with Crippen LogP contribution in [0, 0.1) is 5.92 Å². The topological polar surface area (TPSA) is 55.4 Å². The number of hydrogen-bond donors (Lipinski definition) is 1. The van der Waals surface area contributed by atoms with Crippen molar-refractivity contribution in [3.63, 3.8) is 0 Å². The molecule has 1 aliphatic rings. The monoisotopic (exact) mass is 263 g/mol. The van der Waals surface area contributed by atoms with Gasteiger partial charge in [0.05, 0.1) is 11.9 Å². The summed E-state index contributed by atoms with van der Waals surface area (Å²) in [5, 5.41) is 3.42. The number of rotatable bonds is 7. The predicted molar refractivity (Wildman–Crippen MR) is 69.9 cm³/mol. The van der Waals surface area contributed by atoms with Crippen LogP contribution in [-0.2, 0) is 14.6 Å². The molecule has 0 amide bonds. The number of hydrogen-bond acceptors (Lipinski definition) is 4. The highest BCUT2D eigenvalue weighted by Crippen LogP contribution is 2.24. The molecule has 102 valence electrons. The molecule has 0 spiro atoms. The highest BCUT2D eigenvalue weighted by Gasteiger charge is 2.31. The Morgan fingerprint density at radius 2 is 2.18 bits per heavy atom. The van der Waals surface area contributed by atoms with Crippen molar-refractivity contribution in [2.75, 3.05) is 25.2 Å². The molecule has 1 fully saturated rings. The van der Waals surface area contributed by atoms with Gasteiger partial charge < -0.3 is 10.1 Å². The Morgan fingerprint density at radius 3 is 2.65 bits per heavy atom. The van der Waals surface area contributed by atoms with Gasteiger partial charge in [-0.15, -0.1) is 0 Å². The van der Waals surface area contributed by atoms with Gasteiger partial charge in [0.2, 0.25) is 0 Å². The van der Waals surface area contributed by atoms with E-state index < -0.39 is 9.84 Å². The Labute approximate surface area is 105 Å². The van der Waals surface area contributed by atoms with Crippen molar-refractivity contribution < 1.29 is 13.2 Å². The first-order valence-corrected chi connectivity index (χ1v) is 8.52. The lowest BCUT2D eigenvalue weighted by Crippen LogP contribution is -2.43. The Hall–Kier alpha value is -0.130. The van der Waals surface area contributed by atoms with E-state index in [1.807, 2.05) is 0 Å². The maximum Gasteiger partial charge on any atom is 0.147 e. The van der Waals surface area contributed by atoms with E-state index in [0.29, 0.717) is 12.3 Å². The standard InChI is InChI=1S/C12H25NO3S/c1-4-7-13-11(6-9-17(3,14)15)12-10(2)5-8-16-12/h10-13H,4-9H2,1-3H3. The van der Waals surface area contributed by atoms with Gasteiger partial charge in [0.1, 0.15) is 9.84 Å². The first-order valence-electron chi connectivity index (χ1n) is 6.46. The predicted octanol–water partition coefficient (Wildman–Crippen LogP) is 1.21. The molecule has 3 unspecified atom stereocenters. The molecule has 0 aromatic rings. The van der Waals surface area contributed by atoms with E-state index in [9.17, 15) is 8.42 Å². The molecule has 5 heteroatoms. The third-order valence-corrected chi connectivity index (χ3v) is 4.27. The van der Waals surface area contributed by atoms with Crippen molar-refractivity contribution in [2.24, 2.45) is 5.92 Å². The van der Waals surface area contributed by atoms with Gasteiger partial charge >= 0.3 is 0 Å². The Morgan fingerprint density at radius 1 is 1.47 bits per heavy atom. The summed E-state index contributed by atoms with van der Waals surface area (Å²) in [5.74, 6) is 0.755.